The Morgan fingerprint density at radius 1 is 1.53 bits per heavy atom. The molecule has 1 rings (SSSR count). The SMILES string of the molecule is CCNC(=O)CNc1ccc(I)cc1N. The number of nitrogens with two attached hydrogens (primary N) is 1. The molecule has 0 heterocycles. The monoisotopic (exact) mass is 319 g/mol. The second kappa shape index (κ2) is 5.79. The minimum absolute atomic E-state index is 0.0320. The molecule has 0 fully saturated rings. The molecule has 0 aliphatic heterocycles. The van der Waals surface area contributed by atoms with Gasteiger partial charge in [0.2, 0.25) is 5.91 Å². The van der Waals surface area contributed by atoms with Crippen molar-refractivity contribution in [2.24, 2.45) is 0 Å². The first kappa shape index (κ1) is 12.1. The van der Waals surface area contributed by atoms with Gasteiger partial charge in [-0.1, -0.05) is 0 Å². The Balaban J connectivity index is 2.54. The molecule has 1 aromatic rings. The number of amides is 1. The summed E-state index contributed by atoms with van der Waals surface area (Å²) in [6.45, 7) is 2.78. The Labute approximate surface area is 103 Å². The number of benzene rings is 1. The van der Waals surface area contributed by atoms with Crippen molar-refractivity contribution in [1.82, 2.24) is 5.32 Å². The number of likely N-dealkylation sites (N-methyl/N-ethyl adjacent to an activating group) is 1. The molecule has 0 aliphatic carbocycles. The van der Waals surface area contributed by atoms with Crippen molar-refractivity contribution in [1.29, 1.82) is 0 Å². The lowest BCUT2D eigenvalue weighted by molar-refractivity contribution is -0.119. The number of hydrogen-bond donors (Lipinski definition) is 3. The van der Waals surface area contributed by atoms with Gasteiger partial charge < -0.3 is 16.4 Å². The van der Waals surface area contributed by atoms with Crippen molar-refractivity contribution >= 4 is 39.9 Å². The second-order valence-electron chi connectivity index (χ2n) is 3.04. The van der Waals surface area contributed by atoms with Crippen molar-refractivity contribution in [2.75, 3.05) is 24.1 Å². The average Bonchev–Trinajstić information content (AvgIpc) is 2.17. The maximum atomic E-state index is 11.2. The first-order valence-corrected chi connectivity index (χ1v) is 5.77. The van der Waals surface area contributed by atoms with Crippen LogP contribution in [0.15, 0.2) is 18.2 Å². The van der Waals surface area contributed by atoms with Gasteiger partial charge in [0.25, 0.3) is 0 Å². The van der Waals surface area contributed by atoms with Gasteiger partial charge >= 0.3 is 0 Å². The third-order valence-corrected chi connectivity index (χ3v) is 2.50. The Bertz CT molecular complexity index is 355. The summed E-state index contributed by atoms with van der Waals surface area (Å²) in [5, 5.41) is 5.69. The van der Waals surface area contributed by atoms with E-state index in [-0.39, 0.29) is 12.5 Å². The summed E-state index contributed by atoms with van der Waals surface area (Å²) in [6, 6.07) is 5.67. The number of rotatable bonds is 4. The normalized spacial score (nSPS) is 9.73. The van der Waals surface area contributed by atoms with Crippen molar-refractivity contribution in [3.05, 3.63) is 21.8 Å². The van der Waals surface area contributed by atoms with Crippen LogP contribution in [-0.2, 0) is 4.79 Å². The Kier molecular flexibility index (Phi) is 4.67. The van der Waals surface area contributed by atoms with Gasteiger partial charge in [-0.2, -0.15) is 0 Å². The number of anilines is 2. The van der Waals surface area contributed by atoms with Crippen LogP contribution in [0.3, 0.4) is 0 Å². The van der Waals surface area contributed by atoms with Gasteiger partial charge in [0.15, 0.2) is 0 Å². The van der Waals surface area contributed by atoms with Crippen LogP contribution in [0.25, 0.3) is 0 Å². The van der Waals surface area contributed by atoms with Gasteiger partial charge in [-0.3, -0.25) is 4.79 Å². The summed E-state index contributed by atoms with van der Waals surface area (Å²) in [7, 11) is 0. The number of halogens is 1. The first-order chi connectivity index (χ1) is 7.13. The fourth-order valence-electron chi connectivity index (χ4n) is 1.13. The van der Waals surface area contributed by atoms with Gasteiger partial charge in [0.1, 0.15) is 0 Å². The maximum absolute atomic E-state index is 11.2. The Morgan fingerprint density at radius 3 is 2.87 bits per heavy atom. The molecule has 1 aromatic carbocycles. The molecule has 0 spiro atoms. The van der Waals surface area contributed by atoms with E-state index in [1.165, 1.54) is 0 Å². The molecular weight excluding hydrogens is 305 g/mol. The largest absolute Gasteiger partial charge is 0.397 e. The van der Waals surface area contributed by atoms with E-state index in [0.29, 0.717) is 12.2 Å². The zero-order chi connectivity index (χ0) is 11.3. The molecule has 4 N–H and O–H groups in total. The molecule has 0 bridgehead atoms. The third-order valence-electron chi connectivity index (χ3n) is 1.83. The molecule has 0 atom stereocenters. The van der Waals surface area contributed by atoms with E-state index in [2.05, 4.69) is 33.2 Å². The molecular formula is C10H14IN3O. The van der Waals surface area contributed by atoms with Crippen LogP contribution in [0.2, 0.25) is 0 Å². The lowest BCUT2D eigenvalue weighted by Crippen LogP contribution is -2.29. The summed E-state index contributed by atoms with van der Waals surface area (Å²) in [5.41, 5.74) is 7.23. The summed E-state index contributed by atoms with van der Waals surface area (Å²) in [6.07, 6.45) is 0. The molecule has 0 unspecified atom stereocenters. The zero-order valence-corrected chi connectivity index (χ0v) is 10.7. The van der Waals surface area contributed by atoms with Gasteiger partial charge in [-0.05, 0) is 47.7 Å². The summed E-state index contributed by atoms with van der Waals surface area (Å²) >= 11 is 2.19. The molecule has 5 heteroatoms. The molecule has 0 aromatic heterocycles. The third kappa shape index (κ3) is 3.94. The highest BCUT2D eigenvalue weighted by molar-refractivity contribution is 14.1. The van der Waals surface area contributed by atoms with Gasteiger partial charge in [-0.25, -0.2) is 0 Å². The standard InChI is InChI=1S/C10H14IN3O/c1-2-13-10(15)6-14-9-4-3-7(11)5-8(9)12/h3-5,14H,2,6,12H2,1H3,(H,13,15). The molecule has 82 valence electrons. The maximum Gasteiger partial charge on any atom is 0.239 e. The van der Waals surface area contributed by atoms with Crippen LogP contribution in [-0.4, -0.2) is 19.0 Å². The smallest absolute Gasteiger partial charge is 0.239 e. The quantitative estimate of drug-likeness (QED) is 0.581. The fourth-order valence-corrected chi connectivity index (χ4v) is 1.65. The predicted octanol–water partition coefficient (Wildman–Crippen LogP) is 1.42. The van der Waals surface area contributed by atoms with E-state index >= 15 is 0 Å². The highest BCUT2D eigenvalue weighted by Crippen LogP contribution is 2.20. The minimum atomic E-state index is -0.0320. The molecule has 0 radical (unpaired) electrons. The number of nitrogen functional groups attached to an aromatic ring is 1. The Morgan fingerprint density at radius 2 is 2.27 bits per heavy atom. The van der Waals surface area contributed by atoms with E-state index in [9.17, 15) is 4.79 Å². The molecule has 0 saturated heterocycles. The summed E-state index contributed by atoms with van der Waals surface area (Å²) in [5.74, 6) is -0.0320. The molecule has 4 nitrogen and oxygen atoms in total. The lowest BCUT2D eigenvalue weighted by atomic mass is 10.2. The fraction of sp³-hybridized carbons (Fsp3) is 0.300. The van der Waals surface area contributed by atoms with E-state index in [4.69, 9.17) is 5.73 Å². The van der Waals surface area contributed by atoms with E-state index in [1.807, 2.05) is 25.1 Å². The van der Waals surface area contributed by atoms with Crippen LogP contribution in [0.1, 0.15) is 6.92 Å². The van der Waals surface area contributed by atoms with Crippen molar-refractivity contribution in [3.63, 3.8) is 0 Å². The van der Waals surface area contributed by atoms with Crippen LogP contribution in [0.5, 0.6) is 0 Å². The van der Waals surface area contributed by atoms with E-state index in [1.54, 1.807) is 0 Å². The Hall–Kier alpha value is -0.980. The van der Waals surface area contributed by atoms with Crippen LogP contribution >= 0.6 is 22.6 Å². The van der Waals surface area contributed by atoms with Gasteiger partial charge in [0, 0.05) is 10.1 Å². The number of carbonyl (C=O) groups excluding carboxylic acids is 1. The van der Waals surface area contributed by atoms with Crippen LogP contribution in [0.4, 0.5) is 11.4 Å². The van der Waals surface area contributed by atoms with Crippen molar-refractivity contribution in [2.45, 2.75) is 6.92 Å². The number of hydrogen-bond acceptors (Lipinski definition) is 3. The molecule has 1 amide bonds. The van der Waals surface area contributed by atoms with Gasteiger partial charge in [0.05, 0.1) is 17.9 Å². The average molecular weight is 319 g/mol. The molecule has 0 aliphatic rings. The highest BCUT2D eigenvalue weighted by Gasteiger charge is 2.02. The second-order valence-corrected chi connectivity index (χ2v) is 4.28. The highest BCUT2D eigenvalue weighted by atomic mass is 127. The van der Waals surface area contributed by atoms with Crippen molar-refractivity contribution < 1.29 is 4.79 Å². The van der Waals surface area contributed by atoms with E-state index in [0.717, 1.165) is 9.26 Å². The number of carbonyl (C=O) groups is 1. The zero-order valence-electron chi connectivity index (χ0n) is 8.51. The lowest BCUT2D eigenvalue weighted by Gasteiger charge is -2.09. The molecule has 0 saturated carbocycles. The van der Waals surface area contributed by atoms with Crippen LogP contribution < -0.4 is 16.4 Å². The summed E-state index contributed by atoms with van der Waals surface area (Å²) in [4.78, 5) is 11.2. The topological polar surface area (TPSA) is 67.2 Å². The number of nitrogens with one attached hydrogen (secondary N) is 2. The first-order valence-electron chi connectivity index (χ1n) is 4.69. The van der Waals surface area contributed by atoms with E-state index < -0.39 is 0 Å². The predicted molar refractivity (Wildman–Crippen MR) is 70.7 cm³/mol. The minimum Gasteiger partial charge on any atom is -0.397 e. The molecule has 15 heavy (non-hydrogen) atoms. The summed E-state index contributed by atoms with van der Waals surface area (Å²) < 4.78 is 1.08. The van der Waals surface area contributed by atoms with Crippen molar-refractivity contribution in [3.8, 4) is 0 Å². The van der Waals surface area contributed by atoms with Crippen LogP contribution in [0, 0.1) is 3.57 Å². The van der Waals surface area contributed by atoms with Gasteiger partial charge in [-0.15, -0.1) is 0 Å².